The average molecular weight is 356 g/mol. The minimum Gasteiger partial charge on any atom is -0.274 e. The summed E-state index contributed by atoms with van der Waals surface area (Å²) in [5.74, 6) is -0.931. The molecule has 6 heteroatoms. The second kappa shape index (κ2) is 6.44. The number of anilines is 1. The highest BCUT2D eigenvalue weighted by Gasteiger charge is 2.39. The summed E-state index contributed by atoms with van der Waals surface area (Å²) in [7, 11) is 0. The molecule has 3 rings (SSSR count). The van der Waals surface area contributed by atoms with Gasteiger partial charge in [-0.2, -0.15) is 0 Å². The van der Waals surface area contributed by atoms with Gasteiger partial charge >= 0.3 is 6.03 Å². The molecule has 0 radical (unpaired) electrons. The summed E-state index contributed by atoms with van der Waals surface area (Å²) in [5, 5.41) is 2.33. The van der Waals surface area contributed by atoms with Crippen molar-refractivity contribution in [2.75, 3.05) is 4.90 Å². The second-order valence-electron chi connectivity index (χ2n) is 7.07. The molecule has 0 saturated carbocycles. The summed E-state index contributed by atoms with van der Waals surface area (Å²) in [6.45, 7) is 6.55. The van der Waals surface area contributed by atoms with Crippen molar-refractivity contribution in [1.29, 1.82) is 0 Å². The highest BCUT2D eigenvalue weighted by atomic mass is 32.1. The van der Waals surface area contributed by atoms with Gasteiger partial charge in [0.05, 0.1) is 6.54 Å². The summed E-state index contributed by atoms with van der Waals surface area (Å²) >= 11 is 1.30. The van der Waals surface area contributed by atoms with Crippen molar-refractivity contribution in [3.05, 3.63) is 52.9 Å². The van der Waals surface area contributed by atoms with Crippen LogP contribution in [-0.4, -0.2) is 22.7 Å². The molecule has 2 heterocycles. The maximum Gasteiger partial charge on any atom is 0.339 e. The number of nitrogens with zero attached hydrogens (tertiary/aromatic N) is 2. The molecular formula is C19H20N2O3S. The molecule has 0 spiro atoms. The molecule has 1 aliphatic heterocycles. The third-order valence-electron chi connectivity index (χ3n) is 4.16. The Kier molecular flexibility index (Phi) is 4.47. The van der Waals surface area contributed by atoms with Gasteiger partial charge in [0, 0.05) is 0 Å². The molecule has 0 atom stereocenters. The van der Waals surface area contributed by atoms with E-state index >= 15 is 0 Å². The molecule has 0 unspecified atom stereocenters. The molecule has 1 fully saturated rings. The van der Waals surface area contributed by atoms with E-state index in [1.807, 2.05) is 24.3 Å². The van der Waals surface area contributed by atoms with E-state index in [0.717, 1.165) is 15.4 Å². The van der Waals surface area contributed by atoms with E-state index in [1.165, 1.54) is 16.9 Å². The van der Waals surface area contributed by atoms with Crippen LogP contribution < -0.4 is 4.90 Å². The number of carbonyl (C=O) groups is 3. The smallest absolute Gasteiger partial charge is 0.274 e. The molecule has 2 aromatic rings. The van der Waals surface area contributed by atoms with Crippen LogP contribution in [0.4, 0.5) is 9.80 Å². The fraction of sp³-hybridized carbons (Fsp3) is 0.316. The number of imide groups is 2. The lowest BCUT2D eigenvalue weighted by Gasteiger charge is -2.32. The molecule has 1 aromatic carbocycles. The van der Waals surface area contributed by atoms with Gasteiger partial charge in [-0.05, 0) is 34.1 Å². The molecule has 0 N–H and O–H groups in total. The predicted octanol–water partition coefficient (Wildman–Crippen LogP) is 3.93. The van der Waals surface area contributed by atoms with E-state index in [2.05, 4.69) is 20.8 Å². The normalized spacial score (nSPS) is 15.9. The molecule has 0 bridgehead atoms. The second-order valence-corrected chi connectivity index (χ2v) is 7.99. The van der Waals surface area contributed by atoms with Gasteiger partial charge in [0.1, 0.15) is 11.4 Å². The summed E-state index contributed by atoms with van der Waals surface area (Å²) in [4.78, 5) is 39.3. The zero-order chi connectivity index (χ0) is 18.2. The molecular weight excluding hydrogens is 336 g/mol. The highest BCUT2D eigenvalue weighted by molar-refractivity contribution is 7.14. The maximum absolute atomic E-state index is 12.7. The van der Waals surface area contributed by atoms with Gasteiger partial charge in [-0.1, -0.05) is 45.0 Å². The summed E-state index contributed by atoms with van der Waals surface area (Å²) in [5.41, 5.74) is 2.08. The Hall–Kier alpha value is -2.47. The predicted molar refractivity (Wildman–Crippen MR) is 97.5 cm³/mol. The summed E-state index contributed by atoms with van der Waals surface area (Å²) in [6, 6.07) is 10.8. The number of barbiturate groups is 1. The molecule has 25 heavy (non-hydrogen) atoms. The van der Waals surface area contributed by atoms with Crippen LogP contribution in [0, 0.1) is 0 Å². The Bertz CT molecular complexity index is 804. The molecule has 1 aliphatic rings. The number of thiophene rings is 1. The van der Waals surface area contributed by atoms with Gasteiger partial charge in [-0.3, -0.25) is 14.5 Å². The zero-order valence-corrected chi connectivity index (χ0v) is 15.3. The molecule has 1 aromatic heterocycles. The SMILES string of the molecule is CC(C)(C)c1ccc(CN2C(=O)CC(=O)N(c3cccs3)C2=O)cc1. The lowest BCUT2D eigenvalue weighted by Crippen LogP contribution is -2.54. The van der Waals surface area contributed by atoms with E-state index in [-0.39, 0.29) is 18.4 Å². The van der Waals surface area contributed by atoms with Crippen molar-refractivity contribution >= 4 is 34.2 Å². The minimum absolute atomic E-state index is 0.0394. The van der Waals surface area contributed by atoms with E-state index < -0.39 is 17.8 Å². The monoisotopic (exact) mass is 356 g/mol. The van der Waals surface area contributed by atoms with Gasteiger partial charge < -0.3 is 0 Å². The van der Waals surface area contributed by atoms with Crippen LogP contribution in [-0.2, 0) is 21.5 Å². The standard InChI is InChI=1S/C19H20N2O3S/c1-19(2,3)14-8-6-13(7-9-14)12-20-15(22)11-16(23)21(18(20)24)17-5-4-10-25-17/h4-10H,11-12H2,1-3H3. The first kappa shape index (κ1) is 17.4. The number of carbonyl (C=O) groups excluding carboxylic acids is 3. The fourth-order valence-electron chi connectivity index (χ4n) is 2.70. The van der Waals surface area contributed by atoms with Gasteiger partial charge in [-0.25, -0.2) is 9.69 Å². The molecule has 130 valence electrons. The number of urea groups is 1. The Balaban J connectivity index is 1.82. The van der Waals surface area contributed by atoms with E-state index in [1.54, 1.807) is 17.5 Å². The Morgan fingerprint density at radius 2 is 1.68 bits per heavy atom. The van der Waals surface area contributed by atoms with Crippen molar-refractivity contribution < 1.29 is 14.4 Å². The van der Waals surface area contributed by atoms with Crippen molar-refractivity contribution in [2.24, 2.45) is 0 Å². The topological polar surface area (TPSA) is 57.7 Å². The van der Waals surface area contributed by atoms with Crippen molar-refractivity contribution in [2.45, 2.75) is 39.2 Å². The first-order valence-electron chi connectivity index (χ1n) is 8.07. The largest absolute Gasteiger partial charge is 0.339 e. The van der Waals surface area contributed by atoms with Crippen LogP contribution >= 0.6 is 11.3 Å². The fourth-order valence-corrected chi connectivity index (χ4v) is 3.44. The highest BCUT2D eigenvalue weighted by Crippen LogP contribution is 2.28. The third kappa shape index (κ3) is 3.49. The number of amides is 4. The minimum atomic E-state index is -0.580. The Morgan fingerprint density at radius 3 is 2.24 bits per heavy atom. The van der Waals surface area contributed by atoms with Crippen LogP contribution in [0.5, 0.6) is 0 Å². The Labute approximate surface area is 150 Å². The molecule has 4 amide bonds. The number of rotatable bonds is 3. The van der Waals surface area contributed by atoms with Crippen LogP contribution in [0.1, 0.15) is 38.3 Å². The van der Waals surface area contributed by atoms with Crippen LogP contribution in [0.2, 0.25) is 0 Å². The third-order valence-corrected chi connectivity index (χ3v) is 5.02. The Morgan fingerprint density at radius 1 is 1.00 bits per heavy atom. The summed E-state index contributed by atoms with van der Waals surface area (Å²) in [6.07, 6.45) is -0.288. The lowest BCUT2D eigenvalue weighted by atomic mass is 9.87. The van der Waals surface area contributed by atoms with E-state index in [9.17, 15) is 14.4 Å². The summed E-state index contributed by atoms with van der Waals surface area (Å²) < 4.78 is 0. The number of hydrogen-bond acceptors (Lipinski definition) is 4. The van der Waals surface area contributed by atoms with Crippen molar-refractivity contribution in [3.63, 3.8) is 0 Å². The van der Waals surface area contributed by atoms with Gasteiger partial charge in [0.25, 0.3) is 0 Å². The lowest BCUT2D eigenvalue weighted by molar-refractivity contribution is -0.135. The first-order valence-corrected chi connectivity index (χ1v) is 8.95. The first-order chi connectivity index (χ1) is 11.8. The van der Waals surface area contributed by atoms with Crippen LogP contribution in [0.3, 0.4) is 0 Å². The van der Waals surface area contributed by atoms with Crippen LogP contribution in [0.25, 0.3) is 0 Å². The average Bonchev–Trinajstić information content (AvgIpc) is 3.05. The number of benzene rings is 1. The van der Waals surface area contributed by atoms with Crippen LogP contribution in [0.15, 0.2) is 41.8 Å². The van der Waals surface area contributed by atoms with Crippen molar-refractivity contribution in [3.8, 4) is 0 Å². The number of hydrogen-bond donors (Lipinski definition) is 0. The van der Waals surface area contributed by atoms with E-state index in [0.29, 0.717) is 5.00 Å². The molecule has 0 aliphatic carbocycles. The van der Waals surface area contributed by atoms with Crippen molar-refractivity contribution in [1.82, 2.24) is 4.90 Å². The van der Waals surface area contributed by atoms with Gasteiger partial charge in [-0.15, -0.1) is 11.3 Å². The van der Waals surface area contributed by atoms with E-state index in [4.69, 9.17) is 0 Å². The molecule has 1 saturated heterocycles. The maximum atomic E-state index is 12.7. The van der Waals surface area contributed by atoms with Gasteiger partial charge in [0.15, 0.2) is 0 Å². The quantitative estimate of drug-likeness (QED) is 0.783. The van der Waals surface area contributed by atoms with Gasteiger partial charge in [0.2, 0.25) is 11.8 Å². The molecule has 5 nitrogen and oxygen atoms in total. The zero-order valence-electron chi connectivity index (χ0n) is 14.5.